The van der Waals surface area contributed by atoms with Crippen molar-refractivity contribution in [1.82, 2.24) is 17.6 Å². The van der Waals surface area contributed by atoms with Crippen molar-refractivity contribution in [2.24, 2.45) is 0 Å². The number of hydrogen-bond acceptors (Lipinski definition) is 4. The summed E-state index contributed by atoms with van der Waals surface area (Å²) < 4.78 is 5.40. The summed E-state index contributed by atoms with van der Waals surface area (Å²) >= 11 is 0.399. The van der Waals surface area contributed by atoms with Gasteiger partial charge in [0.15, 0.2) is 0 Å². The van der Waals surface area contributed by atoms with Gasteiger partial charge in [-0.15, -0.1) is 0 Å². The maximum absolute atomic E-state index is 2.70. The Morgan fingerprint density at radius 2 is 1.06 bits per heavy atom. The van der Waals surface area contributed by atoms with Crippen LogP contribution in [0.2, 0.25) is 0 Å². The molecule has 4 nitrogen and oxygen atoms in total. The molecular weight excluding hydrogens is 227 g/mol. The third-order valence-corrected chi connectivity index (χ3v) is 5.72. The molecule has 2 saturated heterocycles. The molecule has 17 heavy (non-hydrogen) atoms. The molecule has 0 amide bonds. The zero-order chi connectivity index (χ0) is 12.1. The van der Waals surface area contributed by atoms with Gasteiger partial charge in [0.05, 0.1) is 0 Å². The van der Waals surface area contributed by atoms with Gasteiger partial charge in [-0.1, -0.05) is 13.8 Å². The van der Waals surface area contributed by atoms with Crippen LogP contribution in [0.5, 0.6) is 0 Å². The summed E-state index contributed by atoms with van der Waals surface area (Å²) in [5.41, 5.74) is 0. The minimum Gasteiger partial charge on any atom is -0.376 e. The third kappa shape index (κ3) is 4.20. The van der Waals surface area contributed by atoms with Gasteiger partial charge in [-0.05, 0) is 39.3 Å². The van der Waals surface area contributed by atoms with E-state index in [4.69, 9.17) is 0 Å². The highest BCUT2D eigenvalue weighted by Gasteiger charge is 2.23. The van der Waals surface area contributed by atoms with Crippen LogP contribution in [0.25, 0.3) is 0 Å². The molecule has 0 atom stereocenters. The molecular formula is C12H28AlN4. The van der Waals surface area contributed by atoms with Crippen LogP contribution in [0.3, 0.4) is 0 Å². The van der Waals surface area contributed by atoms with E-state index in [1.165, 1.54) is 65.4 Å². The fraction of sp³-hybridized carbons (Fsp3) is 1.00. The predicted octanol–water partition coefficient (Wildman–Crippen LogP) is 0.0416. The van der Waals surface area contributed by atoms with Crippen molar-refractivity contribution in [3.63, 3.8) is 0 Å². The molecule has 0 aromatic heterocycles. The van der Waals surface area contributed by atoms with E-state index in [9.17, 15) is 0 Å². The molecule has 0 aliphatic carbocycles. The highest BCUT2D eigenvalue weighted by atomic mass is 27.1. The molecule has 2 rings (SSSR count). The Bertz CT molecular complexity index is 194. The quantitative estimate of drug-likeness (QED) is 0.658. The molecule has 2 aliphatic rings. The van der Waals surface area contributed by atoms with E-state index in [2.05, 4.69) is 31.4 Å². The summed E-state index contributed by atoms with van der Waals surface area (Å²) in [6.45, 7) is 17.2. The minimum absolute atomic E-state index is 0. The van der Waals surface area contributed by atoms with Crippen LogP contribution in [-0.2, 0) is 0 Å². The van der Waals surface area contributed by atoms with Crippen molar-refractivity contribution >= 4 is 15.7 Å². The smallest absolute Gasteiger partial charge is 0.376 e. The van der Waals surface area contributed by atoms with Gasteiger partial charge in [0, 0.05) is 27.6 Å². The van der Waals surface area contributed by atoms with Gasteiger partial charge in [-0.2, -0.15) is 0 Å². The summed E-state index contributed by atoms with van der Waals surface area (Å²) in [6.07, 6.45) is 0. The lowest BCUT2D eigenvalue weighted by molar-refractivity contribution is 0.166. The number of nitrogens with zero attached hydrogens (tertiary/aromatic N) is 4. The third-order valence-electron chi connectivity index (χ3n) is 4.03. The second-order valence-electron chi connectivity index (χ2n) is 5.06. The number of piperazine rings is 2. The molecule has 2 fully saturated rings. The van der Waals surface area contributed by atoms with E-state index >= 15 is 0 Å². The van der Waals surface area contributed by atoms with Gasteiger partial charge in [-0.3, -0.25) is 0 Å². The molecule has 5 heteroatoms. The van der Waals surface area contributed by atoms with E-state index in [-0.39, 0.29) is 1.43 Å². The maximum Gasteiger partial charge on any atom is 0.455 e. The highest BCUT2D eigenvalue weighted by molar-refractivity contribution is 6.28. The summed E-state index contributed by atoms with van der Waals surface area (Å²) in [4.78, 5) is 5.12. The van der Waals surface area contributed by atoms with Crippen molar-refractivity contribution in [3.8, 4) is 0 Å². The summed E-state index contributed by atoms with van der Waals surface area (Å²) in [7, 11) is 0. The van der Waals surface area contributed by atoms with E-state index in [1.807, 2.05) is 0 Å². The average Bonchev–Trinajstić information content (AvgIpc) is 2.40. The molecule has 2 heterocycles. The second-order valence-corrected chi connectivity index (χ2v) is 6.75. The first kappa shape index (κ1) is 13.8. The topological polar surface area (TPSA) is 13.0 Å². The lowest BCUT2D eigenvalue weighted by Gasteiger charge is -2.40. The largest absolute Gasteiger partial charge is 0.455 e. The zero-order valence-electron chi connectivity index (χ0n) is 11.4. The van der Waals surface area contributed by atoms with E-state index < -0.39 is 0 Å². The van der Waals surface area contributed by atoms with Gasteiger partial charge in [0.25, 0.3) is 0 Å². The molecule has 1 radical (unpaired) electrons. The lowest BCUT2D eigenvalue weighted by Crippen LogP contribution is -2.55. The van der Waals surface area contributed by atoms with Crippen molar-refractivity contribution in [2.75, 3.05) is 65.4 Å². The summed E-state index contributed by atoms with van der Waals surface area (Å²) in [6, 6.07) is 0. The highest BCUT2D eigenvalue weighted by Crippen LogP contribution is 2.04. The average molecular weight is 255 g/mol. The number of likely N-dealkylation sites (N-methyl/N-ethyl adjacent to an activating group) is 2. The fourth-order valence-corrected chi connectivity index (χ4v) is 4.01. The molecule has 0 aromatic carbocycles. The van der Waals surface area contributed by atoms with Crippen molar-refractivity contribution in [1.29, 1.82) is 0 Å². The SMILES string of the molecule is CCN1CC[N]([Al][N]2CCN(CC)CC2)CC1.[HH]. The van der Waals surface area contributed by atoms with Crippen LogP contribution >= 0.6 is 0 Å². The van der Waals surface area contributed by atoms with E-state index in [0.717, 1.165) is 0 Å². The second kappa shape index (κ2) is 7.08. The van der Waals surface area contributed by atoms with Crippen LogP contribution < -0.4 is 0 Å². The molecule has 2 aliphatic heterocycles. The van der Waals surface area contributed by atoms with Crippen LogP contribution in [0.1, 0.15) is 15.3 Å². The molecule has 0 bridgehead atoms. The van der Waals surface area contributed by atoms with Crippen LogP contribution in [0.4, 0.5) is 0 Å². The normalized spacial score (nSPS) is 26.2. The van der Waals surface area contributed by atoms with Crippen molar-refractivity contribution in [2.45, 2.75) is 13.8 Å². The summed E-state index contributed by atoms with van der Waals surface area (Å²) in [5, 5.41) is 0. The Hall–Kier alpha value is 0.372. The van der Waals surface area contributed by atoms with Gasteiger partial charge < -0.3 is 17.6 Å². The van der Waals surface area contributed by atoms with Gasteiger partial charge in [0.1, 0.15) is 0 Å². The predicted molar refractivity (Wildman–Crippen MR) is 75.2 cm³/mol. The van der Waals surface area contributed by atoms with Crippen LogP contribution in [0.15, 0.2) is 0 Å². The number of hydrogen-bond donors (Lipinski definition) is 0. The zero-order valence-corrected chi connectivity index (χ0v) is 12.6. The van der Waals surface area contributed by atoms with Crippen molar-refractivity contribution in [3.05, 3.63) is 0 Å². The van der Waals surface area contributed by atoms with E-state index in [1.54, 1.807) is 0 Å². The van der Waals surface area contributed by atoms with Gasteiger partial charge in [-0.25, -0.2) is 0 Å². The van der Waals surface area contributed by atoms with Crippen LogP contribution in [-0.4, -0.2) is 98.7 Å². The molecule has 99 valence electrons. The van der Waals surface area contributed by atoms with E-state index in [0.29, 0.717) is 15.7 Å². The van der Waals surface area contributed by atoms with Crippen molar-refractivity contribution < 1.29 is 1.43 Å². The van der Waals surface area contributed by atoms with Gasteiger partial charge in [0.2, 0.25) is 0 Å². The first-order valence-corrected chi connectivity index (χ1v) is 8.13. The Labute approximate surface area is 114 Å². The first-order valence-electron chi connectivity index (χ1n) is 7.09. The minimum atomic E-state index is 0. The summed E-state index contributed by atoms with van der Waals surface area (Å²) in [5.74, 6) is 0. The molecule has 0 spiro atoms. The molecule has 0 N–H and O–H groups in total. The maximum atomic E-state index is 2.70. The Morgan fingerprint density at radius 3 is 1.35 bits per heavy atom. The molecule has 0 saturated carbocycles. The Morgan fingerprint density at radius 1 is 0.706 bits per heavy atom. The Kier molecular flexibility index (Phi) is 5.75. The van der Waals surface area contributed by atoms with Gasteiger partial charge >= 0.3 is 15.7 Å². The first-order chi connectivity index (χ1) is 8.31. The standard InChI is InChI=1S/2C6H13N2.Al.H2/c2*1-2-8-5-3-7-4-6-8;;/h2*2-6H2,1H3;;1H/q2*-1;+2;. The fourth-order valence-electron chi connectivity index (χ4n) is 2.62. The molecule has 0 unspecified atom stereocenters. The lowest BCUT2D eigenvalue weighted by atomic mass is 10.4. The molecule has 0 aromatic rings. The monoisotopic (exact) mass is 255 g/mol. The van der Waals surface area contributed by atoms with Crippen LogP contribution in [0, 0.1) is 0 Å². The Balaban J connectivity index is 0.00000162. The number of rotatable bonds is 4.